The van der Waals surface area contributed by atoms with E-state index in [1.807, 2.05) is 6.92 Å². The lowest BCUT2D eigenvalue weighted by Crippen LogP contribution is -1.94. The molecule has 6 nitrogen and oxygen atoms in total. The van der Waals surface area contributed by atoms with E-state index in [-0.39, 0.29) is 11.8 Å². The molecule has 0 saturated carbocycles. The fraction of sp³-hybridized carbons (Fsp3) is 0.250. The molecule has 0 saturated heterocycles. The van der Waals surface area contributed by atoms with Crippen molar-refractivity contribution in [2.45, 2.75) is 13.3 Å². The first kappa shape index (κ1) is 11.9. The summed E-state index contributed by atoms with van der Waals surface area (Å²) in [6, 6.07) is 1.66. The Kier molecular flexibility index (Phi) is 5.49. The Hall–Kier alpha value is -2.07. The number of nitro groups is 1. The summed E-state index contributed by atoms with van der Waals surface area (Å²) in [5.41, 5.74) is 0.833. The zero-order chi connectivity index (χ0) is 11.0. The summed E-state index contributed by atoms with van der Waals surface area (Å²) in [6.07, 6.45) is 3.75. The molecule has 0 atom stereocenters. The molecule has 6 heteroatoms. The van der Waals surface area contributed by atoms with Gasteiger partial charge in [0.15, 0.2) is 0 Å². The van der Waals surface area contributed by atoms with Crippen LogP contribution in [-0.2, 0) is 16.0 Å². The van der Waals surface area contributed by atoms with Crippen molar-refractivity contribution in [1.82, 2.24) is 4.98 Å². The van der Waals surface area contributed by atoms with Gasteiger partial charge in [0.2, 0.25) is 0 Å². The molecule has 0 aliphatic carbocycles. The van der Waals surface area contributed by atoms with Crippen LogP contribution in [0.25, 0.3) is 0 Å². The predicted octanol–water partition coefficient (Wildman–Crippen LogP) is 0.969. The third-order valence-corrected chi connectivity index (χ3v) is 1.47. The lowest BCUT2D eigenvalue weighted by molar-refractivity contribution is -0.385. The summed E-state index contributed by atoms with van der Waals surface area (Å²) in [5.74, 6) is 0. The highest BCUT2D eigenvalue weighted by Crippen LogP contribution is 2.15. The number of carbonyl (C=O) groups excluding carboxylic acids is 2. The van der Waals surface area contributed by atoms with Crippen molar-refractivity contribution in [3.05, 3.63) is 34.1 Å². The van der Waals surface area contributed by atoms with Crippen LogP contribution >= 0.6 is 0 Å². The van der Waals surface area contributed by atoms with Gasteiger partial charge in [-0.1, -0.05) is 6.92 Å². The smallest absolute Gasteiger partial charge is 0.258 e. The van der Waals surface area contributed by atoms with Crippen LogP contribution in [0.2, 0.25) is 0 Å². The first-order chi connectivity index (χ1) is 6.67. The maximum Gasteiger partial charge on any atom is 0.373 e. The molecule has 0 radical (unpaired) electrons. The zero-order valence-corrected chi connectivity index (χ0v) is 7.47. The van der Waals surface area contributed by atoms with Gasteiger partial charge < -0.3 is 0 Å². The number of pyridine rings is 1. The third kappa shape index (κ3) is 3.55. The van der Waals surface area contributed by atoms with Gasteiger partial charge in [-0.3, -0.25) is 15.1 Å². The van der Waals surface area contributed by atoms with Crippen molar-refractivity contribution < 1.29 is 14.5 Å². The minimum absolute atomic E-state index is 0.106. The van der Waals surface area contributed by atoms with Crippen LogP contribution in [0, 0.1) is 10.1 Å². The third-order valence-electron chi connectivity index (χ3n) is 1.47. The molecule has 74 valence electrons. The number of hydrogen-bond donors (Lipinski definition) is 0. The van der Waals surface area contributed by atoms with Gasteiger partial charge in [-0.2, -0.15) is 9.59 Å². The second-order valence-corrected chi connectivity index (χ2v) is 2.20. The van der Waals surface area contributed by atoms with E-state index in [1.165, 1.54) is 6.20 Å². The minimum atomic E-state index is -0.411. The molecule has 0 spiro atoms. The number of aryl methyl sites for hydroxylation is 1. The summed E-state index contributed by atoms with van der Waals surface area (Å²) in [5, 5.41) is 10.3. The van der Waals surface area contributed by atoms with Crippen molar-refractivity contribution in [3.8, 4) is 0 Å². The first-order valence-corrected chi connectivity index (χ1v) is 3.73. The maximum absolute atomic E-state index is 10.3. The molecule has 0 fully saturated rings. The Balaban J connectivity index is 0.000000500. The molecular weight excluding hydrogens is 188 g/mol. The molecule has 0 bridgehead atoms. The molecule has 0 N–H and O–H groups in total. The van der Waals surface area contributed by atoms with Crippen molar-refractivity contribution >= 4 is 11.8 Å². The molecule has 14 heavy (non-hydrogen) atoms. The highest BCUT2D eigenvalue weighted by Gasteiger charge is 2.09. The van der Waals surface area contributed by atoms with Gasteiger partial charge in [0.25, 0.3) is 5.69 Å². The van der Waals surface area contributed by atoms with E-state index in [4.69, 9.17) is 9.59 Å². The van der Waals surface area contributed by atoms with Crippen molar-refractivity contribution in [2.75, 3.05) is 0 Å². The molecule has 1 heterocycles. The predicted molar refractivity (Wildman–Crippen MR) is 45.3 cm³/mol. The van der Waals surface area contributed by atoms with Crippen molar-refractivity contribution in [2.24, 2.45) is 0 Å². The SMILES string of the molecule is CCc1ccncc1[N+](=O)[O-].O=C=O. The molecule has 1 rings (SSSR count). The van der Waals surface area contributed by atoms with E-state index in [9.17, 15) is 10.1 Å². The van der Waals surface area contributed by atoms with E-state index >= 15 is 0 Å². The standard InChI is InChI=1S/C7H8N2O2.CO2/c1-2-6-3-4-8-5-7(6)9(10)11;2-1-3/h3-5H,2H2,1H3;. The van der Waals surface area contributed by atoms with Gasteiger partial charge in [0.1, 0.15) is 6.20 Å². The van der Waals surface area contributed by atoms with Crippen LogP contribution in [-0.4, -0.2) is 16.1 Å². The molecule has 1 aromatic heterocycles. The average molecular weight is 196 g/mol. The Morgan fingerprint density at radius 3 is 2.50 bits per heavy atom. The minimum Gasteiger partial charge on any atom is -0.258 e. The zero-order valence-electron chi connectivity index (χ0n) is 7.47. The molecule has 0 aliphatic heterocycles. The lowest BCUT2D eigenvalue weighted by Gasteiger charge is -1.95. The van der Waals surface area contributed by atoms with Gasteiger partial charge in [0.05, 0.1) is 4.92 Å². The molecule has 0 aromatic carbocycles. The van der Waals surface area contributed by atoms with Crippen LogP contribution in [0.1, 0.15) is 12.5 Å². The fourth-order valence-corrected chi connectivity index (χ4v) is 0.878. The first-order valence-electron chi connectivity index (χ1n) is 3.73. The Morgan fingerprint density at radius 1 is 1.57 bits per heavy atom. The van der Waals surface area contributed by atoms with Crippen molar-refractivity contribution in [1.29, 1.82) is 0 Å². The van der Waals surface area contributed by atoms with Crippen LogP contribution in [0.5, 0.6) is 0 Å². The van der Waals surface area contributed by atoms with Crippen molar-refractivity contribution in [3.63, 3.8) is 0 Å². The highest BCUT2D eigenvalue weighted by atomic mass is 16.6. The van der Waals surface area contributed by atoms with E-state index < -0.39 is 4.92 Å². The maximum atomic E-state index is 10.3. The second kappa shape index (κ2) is 6.45. The number of hydrogen-bond acceptors (Lipinski definition) is 5. The Bertz CT molecular complexity index is 345. The highest BCUT2D eigenvalue weighted by molar-refractivity contribution is 5.36. The normalized spacial score (nSPS) is 8.07. The number of aromatic nitrogens is 1. The second-order valence-electron chi connectivity index (χ2n) is 2.20. The van der Waals surface area contributed by atoms with E-state index in [0.717, 1.165) is 5.56 Å². The van der Waals surface area contributed by atoms with E-state index in [1.54, 1.807) is 12.3 Å². The molecule has 1 aromatic rings. The molecule has 0 amide bonds. The largest absolute Gasteiger partial charge is 0.373 e. The Labute approximate surface area is 79.7 Å². The number of rotatable bonds is 2. The van der Waals surface area contributed by atoms with Crippen LogP contribution in [0.4, 0.5) is 5.69 Å². The summed E-state index contributed by atoms with van der Waals surface area (Å²) < 4.78 is 0. The Morgan fingerprint density at radius 2 is 2.14 bits per heavy atom. The molecule has 0 aliphatic rings. The summed E-state index contributed by atoms with van der Waals surface area (Å²) in [4.78, 5) is 29.9. The fourth-order valence-electron chi connectivity index (χ4n) is 0.878. The summed E-state index contributed by atoms with van der Waals surface area (Å²) >= 11 is 0. The summed E-state index contributed by atoms with van der Waals surface area (Å²) in [6.45, 7) is 1.88. The lowest BCUT2D eigenvalue weighted by atomic mass is 10.2. The molecular formula is C8H8N2O4. The van der Waals surface area contributed by atoms with Crippen LogP contribution < -0.4 is 0 Å². The molecule has 0 unspecified atom stereocenters. The van der Waals surface area contributed by atoms with Gasteiger partial charge in [-0.15, -0.1) is 0 Å². The van der Waals surface area contributed by atoms with Gasteiger partial charge in [0, 0.05) is 11.8 Å². The quantitative estimate of drug-likeness (QED) is 0.519. The van der Waals surface area contributed by atoms with E-state index in [2.05, 4.69) is 4.98 Å². The van der Waals surface area contributed by atoms with Gasteiger partial charge in [-0.05, 0) is 12.5 Å². The monoisotopic (exact) mass is 196 g/mol. The topological polar surface area (TPSA) is 90.2 Å². The average Bonchev–Trinajstić information content (AvgIpc) is 2.19. The number of nitrogens with zero attached hydrogens (tertiary/aromatic N) is 2. The van der Waals surface area contributed by atoms with Gasteiger partial charge >= 0.3 is 6.15 Å². The van der Waals surface area contributed by atoms with Gasteiger partial charge in [-0.25, -0.2) is 0 Å². The summed E-state index contributed by atoms with van der Waals surface area (Å²) in [7, 11) is 0. The van der Waals surface area contributed by atoms with Crippen LogP contribution in [0.3, 0.4) is 0 Å². The van der Waals surface area contributed by atoms with Crippen LogP contribution in [0.15, 0.2) is 18.5 Å². The van der Waals surface area contributed by atoms with E-state index in [0.29, 0.717) is 6.42 Å².